The van der Waals surface area contributed by atoms with Gasteiger partial charge < -0.3 is 15.2 Å². The maximum absolute atomic E-state index is 12.1. The first-order valence-electron chi connectivity index (χ1n) is 10.6. The molecule has 2 aromatic carbocycles. The fraction of sp³-hybridized carbons (Fsp3) is 0.417. The summed E-state index contributed by atoms with van der Waals surface area (Å²) in [6.45, 7) is 2.91. The lowest BCUT2D eigenvalue weighted by atomic mass is 10.1. The van der Waals surface area contributed by atoms with Gasteiger partial charge in [-0.15, -0.1) is 0 Å². The lowest BCUT2D eigenvalue weighted by molar-refractivity contribution is 0.0955. The molecule has 162 valence electrons. The molecule has 1 amide bonds. The highest BCUT2D eigenvalue weighted by molar-refractivity contribution is 5.95. The fourth-order valence-electron chi connectivity index (χ4n) is 2.99. The van der Waals surface area contributed by atoms with Crippen LogP contribution in [-0.2, 0) is 0 Å². The van der Waals surface area contributed by atoms with Gasteiger partial charge in [0.2, 0.25) is 0 Å². The molecule has 0 radical (unpaired) electrons. The molecule has 0 saturated carbocycles. The van der Waals surface area contributed by atoms with Crippen LogP contribution in [0.5, 0.6) is 11.5 Å². The van der Waals surface area contributed by atoms with Crippen molar-refractivity contribution in [1.82, 2.24) is 5.43 Å². The Balaban J connectivity index is 1.79. The topological polar surface area (TPSA) is 85.9 Å². The lowest BCUT2D eigenvalue weighted by Gasteiger charge is -2.11. The number of carbonyl (C=O) groups is 1. The number of hydrazone groups is 1. The summed E-state index contributed by atoms with van der Waals surface area (Å²) in [4.78, 5) is 12.1. The average Bonchev–Trinajstić information content (AvgIpc) is 2.76. The SMILES string of the molecule is CCCCCCCCCOc1ccc(/C=N\NC(=O)c2ccc(N)cc2)cc1OC. The van der Waals surface area contributed by atoms with Crippen molar-refractivity contribution in [3.8, 4) is 11.5 Å². The minimum atomic E-state index is -0.298. The molecule has 6 heteroatoms. The number of amides is 1. The molecular formula is C24H33N3O3. The van der Waals surface area contributed by atoms with Gasteiger partial charge in [0.15, 0.2) is 11.5 Å². The first-order chi connectivity index (χ1) is 14.6. The van der Waals surface area contributed by atoms with Crippen molar-refractivity contribution in [3.63, 3.8) is 0 Å². The predicted molar refractivity (Wildman–Crippen MR) is 122 cm³/mol. The number of nitrogens with zero attached hydrogens (tertiary/aromatic N) is 1. The molecule has 0 aliphatic rings. The van der Waals surface area contributed by atoms with Gasteiger partial charge in [-0.2, -0.15) is 5.10 Å². The molecule has 0 bridgehead atoms. The van der Waals surface area contributed by atoms with Crippen molar-refractivity contribution in [3.05, 3.63) is 53.6 Å². The molecule has 2 aromatic rings. The van der Waals surface area contributed by atoms with E-state index < -0.39 is 0 Å². The lowest BCUT2D eigenvalue weighted by Crippen LogP contribution is -2.17. The van der Waals surface area contributed by atoms with Crippen LogP contribution in [0.1, 0.15) is 67.8 Å². The Morgan fingerprint density at radius 3 is 2.40 bits per heavy atom. The van der Waals surface area contributed by atoms with E-state index in [9.17, 15) is 4.79 Å². The van der Waals surface area contributed by atoms with E-state index in [0.717, 1.165) is 12.0 Å². The zero-order valence-corrected chi connectivity index (χ0v) is 18.0. The molecule has 0 spiro atoms. The summed E-state index contributed by atoms with van der Waals surface area (Å²) >= 11 is 0. The Morgan fingerprint density at radius 2 is 1.70 bits per heavy atom. The van der Waals surface area contributed by atoms with Crippen LogP contribution in [-0.4, -0.2) is 25.8 Å². The summed E-state index contributed by atoms with van der Waals surface area (Å²) in [5, 5.41) is 4.01. The van der Waals surface area contributed by atoms with E-state index in [-0.39, 0.29) is 5.91 Å². The van der Waals surface area contributed by atoms with Crippen molar-refractivity contribution in [1.29, 1.82) is 0 Å². The van der Waals surface area contributed by atoms with Crippen molar-refractivity contribution >= 4 is 17.8 Å². The van der Waals surface area contributed by atoms with E-state index in [2.05, 4.69) is 17.5 Å². The number of hydrogen-bond acceptors (Lipinski definition) is 5. The number of unbranched alkanes of at least 4 members (excludes halogenated alkanes) is 6. The Kier molecular flexibility index (Phi) is 10.3. The maximum atomic E-state index is 12.1. The molecular weight excluding hydrogens is 378 g/mol. The van der Waals surface area contributed by atoms with Crippen LogP contribution in [0.3, 0.4) is 0 Å². The minimum absolute atomic E-state index is 0.298. The van der Waals surface area contributed by atoms with Gasteiger partial charge >= 0.3 is 0 Å². The number of nitrogens with two attached hydrogens (primary N) is 1. The van der Waals surface area contributed by atoms with E-state index in [0.29, 0.717) is 29.4 Å². The quantitative estimate of drug-likeness (QED) is 0.206. The second-order valence-electron chi connectivity index (χ2n) is 7.20. The molecule has 0 fully saturated rings. The summed E-state index contributed by atoms with van der Waals surface area (Å²) in [5.41, 5.74) is 10.0. The van der Waals surface area contributed by atoms with E-state index in [1.165, 1.54) is 38.5 Å². The average molecular weight is 412 g/mol. The molecule has 6 nitrogen and oxygen atoms in total. The summed E-state index contributed by atoms with van der Waals surface area (Å²) in [5.74, 6) is 1.06. The monoisotopic (exact) mass is 411 g/mol. The number of benzene rings is 2. The number of rotatable bonds is 13. The normalized spacial score (nSPS) is 10.9. The van der Waals surface area contributed by atoms with E-state index in [4.69, 9.17) is 15.2 Å². The van der Waals surface area contributed by atoms with Gasteiger partial charge in [-0.1, -0.05) is 45.4 Å². The molecule has 3 N–H and O–H groups in total. The summed E-state index contributed by atoms with van der Waals surface area (Å²) in [6.07, 6.45) is 10.3. The number of ether oxygens (including phenoxy) is 2. The van der Waals surface area contributed by atoms with E-state index >= 15 is 0 Å². The van der Waals surface area contributed by atoms with Gasteiger partial charge in [-0.3, -0.25) is 4.79 Å². The van der Waals surface area contributed by atoms with Crippen LogP contribution < -0.4 is 20.6 Å². The highest BCUT2D eigenvalue weighted by Crippen LogP contribution is 2.27. The summed E-state index contributed by atoms with van der Waals surface area (Å²) < 4.78 is 11.3. The molecule has 0 unspecified atom stereocenters. The number of hydrogen-bond donors (Lipinski definition) is 2. The summed E-state index contributed by atoms with van der Waals surface area (Å²) in [6, 6.07) is 12.2. The van der Waals surface area contributed by atoms with E-state index in [1.54, 1.807) is 37.6 Å². The predicted octanol–water partition coefficient (Wildman–Crippen LogP) is 5.17. The third-order valence-corrected chi connectivity index (χ3v) is 4.75. The van der Waals surface area contributed by atoms with Crippen LogP contribution in [0.4, 0.5) is 5.69 Å². The first kappa shape index (κ1) is 23.3. The van der Waals surface area contributed by atoms with Gasteiger partial charge in [0.05, 0.1) is 19.9 Å². The zero-order chi connectivity index (χ0) is 21.6. The largest absolute Gasteiger partial charge is 0.493 e. The fourth-order valence-corrected chi connectivity index (χ4v) is 2.99. The molecule has 0 aliphatic carbocycles. The number of nitrogens with one attached hydrogen (secondary N) is 1. The number of anilines is 1. The minimum Gasteiger partial charge on any atom is -0.493 e. The van der Waals surface area contributed by atoms with Crippen LogP contribution in [0.2, 0.25) is 0 Å². The van der Waals surface area contributed by atoms with Gasteiger partial charge in [-0.05, 0) is 54.4 Å². The number of methoxy groups -OCH3 is 1. The Morgan fingerprint density at radius 1 is 1.00 bits per heavy atom. The maximum Gasteiger partial charge on any atom is 0.271 e. The Labute approximate surface area is 179 Å². The molecule has 2 rings (SSSR count). The van der Waals surface area contributed by atoms with Crippen LogP contribution in [0.15, 0.2) is 47.6 Å². The van der Waals surface area contributed by atoms with E-state index in [1.807, 2.05) is 18.2 Å². The molecule has 0 saturated heterocycles. The standard InChI is InChI=1S/C24H33N3O3/c1-3-4-5-6-7-8-9-16-30-22-15-10-19(17-23(22)29-2)18-26-27-24(28)20-11-13-21(25)14-12-20/h10-15,17-18H,3-9,16,25H2,1-2H3,(H,27,28)/b26-18-. The zero-order valence-electron chi connectivity index (χ0n) is 18.0. The number of carbonyl (C=O) groups excluding carboxylic acids is 1. The first-order valence-corrected chi connectivity index (χ1v) is 10.6. The molecule has 0 atom stereocenters. The van der Waals surface area contributed by atoms with Crippen molar-refractivity contribution < 1.29 is 14.3 Å². The Hall–Kier alpha value is -3.02. The number of nitrogen functional groups attached to an aromatic ring is 1. The Bertz CT molecular complexity index is 804. The van der Waals surface area contributed by atoms with Crippen LogP contribution >= 0.6 is 0 Å². The van der Waals surface area contributed by atoms with Crippen molar-refractivity contribution in [2.45, 2.75) is 51.9 Å². The third-order valence-electron chi connectivity index (χ3n) is 4.75. The van der Waals surface area contributed by atoms with Gasteiger partial charge in [0.1, 0.15) is 0 Å². The van der Waals surface area contributed by atoms with Crippen molar-refractivity contribution in [2.75, 3.05) is 19.5 Å². The van der Waals surface area contributed by atoms with Crippen LogP contribution in [0, 0.1) is 0 Å². The molecule has 0 aliphatic heterocycles. The highest BCUT2D eigenvalue weighted by Gasteiger charge is 2.06. The van der Waals surface area contributed by atoms with Crippen LogP contribution in [0.25, 0.3) is 0 Å². The van der Waals surface area contributed by atoms with Gasteiger partial charge in [0.25, 0.3) is 5.91 Å². The second kappa shape index (κ2) is 13.2. The summed E-state index contributed by atoms with van der Waals surface area (Å²) in [7, 11) is 1.61. The van der Waals surface area contributed by atoms with Crippen molar-refractivity contribution in [2.24, 2.45) is 5.10 Å². The molecule has 30 heavy (non-hydrogen) atoms. The van der Waals surface area contributed by atoms with Gasteiger partial charge in [-0.25, -0.2) is 5.43 Å². The molecule has 0 heterocycles. The van der Waals surface area contributed by atoms with Gasteiger partial charge in [0, 0.05) is 11.3 Å². The molecule has 0 aromatic heterocycles. The second-order valence-corrected chi connectivity index (χ2v) is 7.20. The highest BCUT2D eigenvalue weighted by atomic mass is 16.5. The smallest absolute Gasteiger partial charge is 0.271 e. The third kappa shape index (κ3) is 8.15.